The lowest BCUT2D eigenvalue weighted by Crippen LogP contribution is -2.43. The molecular formula is C19H21NO5. The van der Waals surface area contributed by atoms with Gasteiger partial charge in [-0.25, -0.2) is 4.79 Å². The van der Waals surface area contributed by atoms with Gasteiger partial charge in [0.25, 0.3) is 0 Å². The molecule has 0 unspecified atom stereocenters. The van der Waals surface area contributed by atoms with Crippen molar-refractivity contribution in [2.24, 2.45) is 0 Å². The molecule has 1 atom stereocenters. The standard InChI is InChI=1S/C19H21NO5/c1-24-16-9-5-8-15(10-16)11-17(19(22)23)20-18(21)13-25-12-14-6-3-2-4-7-14/h2-10,17H,11-13H2,1H3,(H,20,21)(H,22,23)/t17-/m0/s1. The first-order valence-corrected chi connectivity index (χ1v) is 7.85. The molecule has 0 spiro atoms. The number of carboxylic acids is 1. The number of ether oxygens (including phenoxy) is 2. The fraction of sp³-hybridized carbons (Fsp3) is 0.263. The number of carbonyl (C=O) groups excluding carboxylic acids is 1. The summed E-state index contributed by atoms with van der Waals surface area (Å²) in [7, 11) is 1.54. The number of carbonyl (C=O) groups is 2. The van der Waals surface area contributed by atoms with E-state index in [2.05, 4.69) is 5.32 Å². The largest absolute Gasteiger partial charge is 0.497 e. The summed E-state index contributed by atoms with van der Waals surface area (Å²) in [4.78, 5) is 23.3. The molecule has 0 saturated heterocycles. The number of amides is 1. The van der Waals surface area contributed by atoms with Gasteiger partial charge < -0.3 is 19.9 Å². The van der Waals surface area contributed by atoms with Crippen molar-refractivity contribution >= 4 is 11.9 Å². The smallest absolute Gasteiger partial charge is 0.326 e. The summed E-state index contributed by atoms with van der Waals surface area (Å²) in [5, 5.41) is 11.8. The van der Waals surface area contributed by atoms with E-state index in [4.69, 9.17) is 9.47 Å². The molecule has 6 nitrogen and oxygen atoms in total. The predicted molar refractivity (Wildman–Crippen MR) is 92.4 cm³/mol. The maximum absolute atomic E-state index is 11.9. The molecule has 132 valence electrons. The molecule has 0 bridgehead atoms. The molecule has 2 aromatic rings. The quantitative estimate of drug-likeness (QED) is 0.728. The third kappa shape index (κ3) is 6.27. The molecule has 0 aromatic heterocycles. The summed E-state index contributed by atoms with van der Waals surface area (Å²) < 4.78 is 10.4. The highest BCUT2D eigenvalue weighted by Gasteiger charge is 2.20. The zero-order chi connectivity index (χ0) is 18.1. The van der Waals surface area contributed by atoms with Crippen LogP contribution in [0.15, 0.2) is 54.6 Å². The summed E-state index contributed by atoms with van der Waals surface area (Å²) in [5.74, 6) is -0.926. The van der Waals surface area contributed by atoms with Crippen LogP contribution >= 0.6 is 0 Å². The van der Waals surface area contributed by atoms with Gasteiger partial charge in [-0.2, -0.15) is 0 Å². The molecule has 2 rings (SSSR count). The Morgan fingerprint density at radius 3 is 2.48 bits per heavy atom. The molecule has 0 aliphatic heterocycles. The molecule has 25 heavy (non-hydrogen) atoms. The number of methoxy groups -OCH3 is 1. The highest BCUT2D eigenvalue weighted by molar-refractivity contribution is 5.84. The molecule has 2 N–H and O–H groups in total. The minimum atomic E-state index is -1.10. The van der Waals surface area contributed by atoms with E-state index in [0.717, 1.165) is 11.1 Å². The third-order valence-corrected chi connectivity index (χ3v) is 3.55. The first kappa shape index (κ1) is 18.5. The van der Waals surface area contributed by atoms with Gasteiger partial charge in [-0.15, -0.1) is 0 Å². The monoisotopic (exact) mass is 343 g/mol. The van der Waals surface area contributed by atoms with Crippen LogP contribution in [0.2, 0.25) is 0 Å². The molecule has 0 heterocycles. The van der Waals surface area contributed by atoms with Gasteiger partial charge in [-0.1, -0.05) is 42.5 Å². The Bertz CT molecular complexity index is 702. The average molecular weight is 343 g/mol. The summed E-state index contributed by atoms with van der Waals surface area (Å²) in [6.07, 6.45) is 0.164. The lowest BCUT2D eigenvalue weighted by atomic mass is 10.1. The van der Waals surface area contributed by atoms with Gasteiger partial charge >= 0.3 is 5.97 Å². The number of aliphatic carboxylic acids is 1. The van der Waals surface area contributed by atoms with Crippen LogP contribution in [0.5, 0.6) is 5.75 Å². The molecule has 0 fully saturated rings. The zero-order valence-electron chi connectivity index (χ0n) is 14.0. The van der Waals surface area contributed by atoms with E-state index >= 15 is 0 Å². The van der Waals surface area contributed by atoms with Crippen molar-refractivity contribution in [2.45, 2.75) is 19.1 Å². The highest BCUT2D eigenvalue weighted by atomic mass is 16.5. The second kappa shape index (κ2) is 9.44. The van der Waals surface area contributed by atoms with E-state index in [1.165, 1.54) is 0 Å². The van der Waals surface area contributed by atoms with Crippen molar-refractivity contribution in [3.05, 3.63) is 65.7 Å². The summed E-state index contributed by atoms with van der Waals surface area (Å²) in [6.45, 7) is 0.0959. The first-order chi connectivity index (χ1) is 12.1. The van der Waals surface area contributed by atoms with Crippen LogP contribution in [0, 0.1) is 0 Å². The fourth-order valence-electron chi connectivity index (χ4n) is 2.31. The molecule has 6 heteroatoms. The van der Waals surface area contributed by atoms with Gasteiger partial charge in [0.1, 0.15) is 18.4 Å². The predicted octanol–water partition coefficient (Wildman–Crippen LogP) is 2.02. The average Bonchev–Trinajstić information content (AvgIpc) is 2.62. The summed E-state index contributed by atoms with van der Waals surface area (Å²) in [5.41, 5.74) is 1.71. The third-order valence-electron chi connectivity index (χ3n) is 3.55. The number of hydrogen-bond donors (Lipinski definition) is 2. The summed E-state index contributed by atoms with van der Waals surface area (Å²) >= 11 is 0. The minimum absolute atomic E-state index is 0.164. The molecule has 0 aliphatic rings. The Balaban J connectivity index is 1.85. The lowest BCUT2D eigenvalue weighted by molar-refractivity contribution is -0.142. The molecule has 0 saturated carbocycles. The maximum Gasteiger partial charge on any atom is 0.326 e. The van der Waals surface area contributed by atoms with Gasteiger partial charge in [0, 0.05) is 6.42 Å². The Morgan fingerprint density at radius 2 is 1.80 bits per heavy atom. The zero-order valence-corrected chi connectivity index (χ0v) is 14.0. The van der Waals surface area contributed by atoms with E-state index in [-0.39, 0.29) is 13.0 Å². The normalized spacial score (nSPS) is 11.6. The summed E-state index contributed by atoms with van der Waals surface area (Å²) in [6, 6.07) is 15.5. The van der Waals surface area contributed by atoms with Crippen LogP contribution in [0.4, 0.5) is 0 Å². The van der Waals surface area contributed by atoms with Gasteiger partial charge in [0.2, 0.25) is 5.91 Å². The maximum atomic E-state index is 11.9. The van der Waals surface area contributed by atoms with Crippen molar-refractivity contribution in [1.82, 2.24) is 5.32 Å². The van der Waals surface area contributed by atoms with E-state index in [1.54, 1.807) is 31.4 Å². The van der Waals surface area contributed by atoms with Crippen molar-refractivity contribution in [1.29, 1.82) is 0 Å². The number of hydrogen-bond acceptors (Lipinski definition) is 4. The van der Waals surface area contributed by atoms with Crippen LogP contribution in [0.25, 0.3) is 0 Å². The molecule has 0 radical (unpaired) electrons. The van der Waals surface area contributed by atoms with Crippen molar-refractivity contribution < 1.29 is 24.2 Å². The Labute approximate surface area is 146 Å². The first-order valence-electron chi connectivity index (χ1n) is 7.85. The van der Waals surface area contributed by atoms with Gasteiger partial charge in [-0.3, -0.25) is 4.79 Å². The van der Waals surface area contributed by atoms with E-state index in [0.29, 0.717) is 12.4 Å². The number of rotatable bonds is 9. The van der Waals surface area contributed by atoms with E-state index in [9.17, 15) is 14.7 Å². The van der Waals surface area contributed by atoms with Gasteiger partial charge in [-0.05, 0) is 23.3 Å². The lowest BCUT2D eigenvalue weighted by Gasteiger charge is -2.15. The second-order valence-corrected chi connectivity index (χ2v) is 5.49. The fourth-order valence-corrected chi connectivity index (χ4v) is 2.31. The van der Waals surface area contributed by atoms with Crippen LogP contribution in [-0.4, -0.2) is 36.7 Å². The van der Waals surface area contributed by atoms with Crippen LogP contribution in [0.3, 0.4) is 0 Å². The second-order valence-electron chi connectivity index (χ2n) is 5.49. The Kier molecular flexibility index (Phi) is 6.98. The number of carboxylic acid groups (broad SMARTS) is 1. The van der Waals surface area contributed by atoms with E-state index < -0.39 is 17.9 Å². The van der Waals surface area contributed by atoms with Gasteiger partial charge in [0.15, 0.2) is 0 Å². The van der Waals surface area contributed by atoms with Crippen LogP contribution < -0.4 is 10.1 Å². The van der Waals surface area contributed by atoms with Crippen molar-refractivity contribution in [3.63, 3.8) is 0 Å². The van der Waals surface area contributed by atoms with Crippen molar-refractivity contribution in [3.8, 4) is 5.75 Å². The topological polar surface area (TPSA) is 84.9 Å². The molecule has 1 amide bonds. The number of nitrogens with one attached hydrogen (secondary N) is 1. The molecule has 0 aliphatic carbocycles. The van der Waals surface area contributed by atoms with Crippen LogP contribution in [0.1, 0.15) is 11.1 Å². The van der Waals surface area contributed by atoms with E-state index in [1.807, 2.05) is 30.3 Å². The number of benzene rings is 2. The molecular weight excluding hydrogens is 322 g/mol. The van der Waals surface area contributed by atoms with Gasteiger partial charge in [0.05, 0.1) is 13.7 Å². The highest BCUT2D eigenvalue weighted by Crippen LogP contribution is 2.14. The SMILES string of the molecule is COc1cccc(C[C@H](NC(=O)COCc2ccccc2)C(=O)O)c1. The Morgan fingerprint density at radius 1 is 1.08 bits per heavy atom. The van der Waals surface area contributed by atoms with Crippen molar-refractivity contribution in [2.75, 3.05) is 13.7 Å². The molecule has 2 aromatic carbocycles. The Hall–Kier alpha value is -2.86. The minimum Gasteiger partial charge on any atom is -0.497 e. The van der Waals surface area contributed by atoms with Crippen LogP contribution in [-0.2, 0) is 27.4 Å².